The average molecular weight is 236 g/mol. The number of nitrogens with zero attached hydrogens (tertiary/aromatic N) is 2. The molecule has 0 atom stereocenters. The van der Waals surface area contributed by atoms with E-state index in [9.17, 15) is 4.79 Å². The van der Waals surface area contributed by atoms with Crippen molar-refractivity contribution in [3.8, 4) is 0 Å². The van der Waals surface area contributed by atoms with Crippen LogP contribution in [0.2, 0.25) is 0 Å². The molecule has 0 radical (unpaired) electrons. The number of aromatic nitrogens is 2. The van der Waals surface area contributed by atoms with Crippen LogP contribution >= 0.6 is 0 Å². The van der Waals surface area contributed by atoms with E-state index in [2.05, 4.69) is 10.2 Å². The first-order valence-corrected chi connectivity index (χ1v) is 6.25. The Balaban J connectivity index is 2.09. The number of hydrogen-bond acceptors (Lipinski definition) is 3. The van der Waals surface area contributed by atoms with Gasteiger partial charge in [-0.25, -0.2) is 0 Å². The fourth-order valence-electron chi connectivity index (χ4n) is 2.13. The molecular formula is C12H20N4O. The Kier molecular flexibility index (Phi) is 3.78. The van der Waals surface area contributed by atoms with Crippen LogP contribution in [0.15, 0.2) is 6.20 Å². The summed E-state index contributed by atoms with van der Waals surface area (Å²) in [5, 5.41) is 6.72. The van der Waals surface area contributed by atoms with Gasteiger partial charge in [0, 0.05) is 18.3 Å². The first-order chi connectivity index (χ1) is 8.24. The number of amides is 1. The van der Waals surface area contributed by atoms with E-state index in [0.29, 0.717) is 18.2 Å². The molecule has 3 N–H and O–H groups in total. The number of aryl methyl sites for hydroxylation is 1. The smallest absolute Gasteiger partial charge is 0.257 e. The van der Waals surface area contributed by atoms with Crippen molar-refractivity contribution in [2.75, 3.05) is 13.1 Å². The predicted molar refractivity (Wildman–Crippen MR) is 65.7 cm³/mol. The largest absolute Gasteiger partial charge is 0.336 e. The SMILES string of the molecule is Cc1[nH]ncc1C(=O)N(CCCN)C1CCC1. The van der Waals surface area contributed by atoms with E-state index in [0.717, 1.165) is 31.5 Å². The predicted octanol–water partition coefficient (Wildman–Crippen LogP) is 1.06. The van der Waals surface area contributed by atoms with Crippen LogP contribution in [0.5, 0.6) is 0 Å². The molecule has 17 heavy (non-hydrogen) atoms. The van der Waals surface area contributed by atoms with Gasteiger partial charge in [0.1, 0.15) is 0 Å². The lowest BCUT2D eigenvalue weighted by atomic mass is 9.91. The first-order valence-electron chi connectivity index (χ1n) is 6.25. The van der Waals surface area contributed by atoms with Gasteiger partial charge in [-0.05, 0) is 39.2 Å². The highest BCUT2D eigenvalue weighted by molar-refractivity contribution is 5.95. The molecule has 5 nitrogen and oxygen atoms in total. The van der Waals surface area contributed by atoms with Gasteiger partial charge in [-0.2, -0.15) is 5.10 Å². The van der Waals surface area contributed by atoms with Gasteiger partial charge in [0.05, 0.1) is 11.8 Å². The Morgan fingerprint density at radius 1 is 1.65 bits per heavy atom. The van der Waals surface area contributed by atoms with Crippen molar-refractivity contribution in [3.63, 3.8) is 0 Å². The zero-order valence-corrected chi connectivity index (χ0v) is 10.3. The molecule has 94 valence electrons. The van der Waals surface area contributed by atoms with Crippen LogP contribution in [0.25, 0.3) is 0 Å². The van der Waals surface area contributed by atoms with E-state index in [4.69, 9.17) is 5.73 Å². The summed E-state index contributed by atoms with van der Waals surface area (Å²) in [6.07, 6.45) is 5.94. The number of aromatic amines is 1. The number of H-pyrrole nitrogens is 1. The van der Waals surface area contributed by atoms with Crippen LogP contribution in [-0.4, -0.2) is 40.1 Å². The molecule has 1 amide bonds. The third-order valence-electron chi connectivity index (χ3n) is 3.44. The molecule has 0 saturated heterocycles. The van der Waals surface area contributed by atoms with Crippen LogP contribution in [0.4, 0.5) is 0 Å². The lowest BCUT2D eigenvalue weighted by Gasteiger charge is -2.37. The van der Waals surface area contributed by atoms with Crippen molar-refractivity contribution in [3.05, 3.63) is 17.5 Å². The molecule has 1 heterocycles. The zero-order chi connectivity index (χ0) is 12.3. The van der Waals surface area contributed by atoms with Crippen LogP contribution < -0.4 is 5.73 Å². The fraction of sp³-hybridized carbons (Fsp3) is 0.667. The summed E-state index contributed by atoms with van der Waals surface area (Å²) >= 11 is 0. The summed E-state index contributed by atoms with van der Waals surface area (Å²) < 4.78 is 0. The molecule has 1 aromatic heterocycles. The Hall–Kier alpha value is -1.36. The fourth-order valence-corrected chi connectivity index (χ4v) is 2.13. The molecule has 1 aromatic rings. The maximum atomic E-state index is 12.4. The van der Waals surface area contributed by atoms with Gasteiger partial charge in [0.2, 0.25) is 0 Å². The maximum Gasteiger partial charge on any atom is 0.257 e. The lowest BCUT2D eigenvalue weighted by molar-refractivity contribution is 0.0578. The van der Waals surface area contributed by atoms with Gasteiger partial charge in [0.25, 0.3) is 5.91 Å². The maximum absolute atomic E-state index is 12.4. The highest BCUT2D eigenvalue weighted by Crippen LogP contribution is 2.26. The number of carbonyl (C=O) groups is 1. The van der Waals surface area contributed by atoms with Gasteiger partial charge in [-0.3, -0.25) is 9.89 Å². The molecular weight excluding hydrogens is 216 g/mol. The van der Waals surface area contributed by atoms with Crippen molar-refractivity contribution >= 4 is 5.91 Å². The molecule has 1 aliphatic carbocycles. The molecule has 1 aliphatic rings. The van der Waals surface area contributed by atoms with Crippen LogP contribution in [0, 0.1) is 6.92 Å². The number of hydrogen-bond donors (Lipinski definition) is 2. The van der Waals surface area contributed by atoms with Gasteiger partial charge in [-0.15, -0.1) is 0 Å². The summed E-state index contributed by atoms with van der Waals surface area (Å²) in [6, 6.07) is 0.406. The number of rotatable bonds is 5. The minimum atomic E-state index is 0.0920. The summed E-state index contributed by atoms with van der Waals surface area (Å²) in [7, 11) is 0. The summed E-state index contributed by atoms with van der Waals surface area (Å²) in [5.74, 6) is 0.0920. The second-order valence-electron chi connectivity index (χ2n) is 4.63. The average Bonchev–Trinajstić information content (AvgIpc) is 2.67. The van der Waals surface area contributed by atoms with Gasteiger partial charge < -0.3 is 10.6 Å². The van der Waals surface area contributed by atoms with Crippen molar-refractivity contribution in [1.82, 2.24) is 15.1 Å². The lowest BCUT2D eigenvalue weighted by Crippen LogP contribution is -2.45. The summed E-state index contributed by atoms with van der Waals surface area (Å²) in [5.41, 5.74) is 7.06. The molecule has 0 unspecified atom stereocenters. The van der Waals surface area contributed by atoms with E-state index < -0.39 is 0 Å². The topological polar surface area (TPSA) is 75.0 Å². The van der Waals surface area contributed by atoms with E-state index in [-0.39, 0.29) is 5.91 Å². The quantitative estimate of drug-likeness (QED) is 0.802. The third-order valence-corrected chi connectivity index (χ3v) is 3.44. The first kappa shape index (κ1) is 12.1. The molecule has 0 bridgehead atoms. The normalized spacial score (nSPS) is 15.6. The number of carbonyl (C=O) groups excluding carboxylic acids is 1. The van der Waals surface area contributed by atoms with Gasteiger partial charge >= 0.3 is 0 Å². The van der Waals surface area contributed by atoms with Gasteiger partial charge in [0.15, 0.2) is 0 Å². The van der Waals surface area contributed by atoms with E-state index in [1.54, 1.807) is 6.20 Å². The molecule has 0 spiro atoms. The molecule has 1 fully saturated rings. The Morgan fingerprint density at radius 3 is 2.88 bits per heavy atom. The third kappa shape index (κ3) is 2.49. The van der Waals surface area contributed by atoms with E-state index in [1.165, 1.54) is 6.42 Å². The van der Waals surface area contributed by atoms with Crippen molar-refractivity contribution in [2.45, 2.75) is 38.6 Å². The molecule has 0 aromatic carbocycles. The van der Waals surface area contributed by atoms with Crippen LogP contribution in [0.3, 0.4) is 0 Å². The highest BCUT2D eigenvalue weighted by Gasteiger charge is 2.29. The van der Waals surface area contributed by atoms with Crippen molar-refractivity contribution < 1.29 is 4.79 Å². The van der Waals surface area contributed by atoms with Crippen molar-refractivity contribution in [1.29, 1.82) is 0 Å². The van der Waals surface area contributed by atoms with Crippen LogP contribution in [0.1, 0.15) is 41.7 Å². The Bertz CT molecular complexity index is 384. The standard InChI is InChI=1S/C12H20N4O/c1-9-11(8-14-15-9)12(17)16(7-3-6-13)10-4-2-5-10/h8,10H,2-7,13H2,1H3,(H,14,15). The van der Waals surface area contributed by atoms with E-state index in [1.807, 2.05) is 11.8 Å². The summed E-state index contributed by atoms with van der Waals surface area (Å²) in [6.45, 7) is 3.26. The Morgan fingerprint density at radius 2 is 2.41 bits per heavy atom. The molecule has 0 aliphatic heterocycles. The van der Waals surface area contributed by atoms with Crippen LogP contribution in [-0.2, 0) is 0 Å². The van der Waals surface area contributed by atoms with Crippen molar-refractivity contribution in [2.24, 2.45) is 5.73 Å². The highest BCUT2D eigenvalue weighted by atomic mass is 16.2. The number of nitrogens with two attached hydrogens (primary N) is 1. The molecule has 5 heteroatoms. The monoisotopic (exact) mass is 236 g/mol. The van der Waals surface area contributed by atoms with Gasteiger partial charge in [-0.1, -0.05) is 0 Å². The molecule has 2 rings (SSSR count). The second kappa shape index (κ2) is 5.31. The minimum absolute atomic E-state index is 0.0920. The molecule has 1 saturated carbocycles. The Labute approximate surface area is 101 Å². The van der Waals surface area contributed by atoms with E-state index >= 15 is 0 Å². The number of nitrogens with one attached hydrogen (secondary N) is 1. The summed E-state index contributed by atoms with van der Waals surface area (Å²) in [4.78, 5) is 14.4. The zero-order valence-electron chi connectivity index (χ0n) is 10.3. The minimum Gasteiger partial charge on any atom is -0.336 e. The second-order valence-corrected chi connectivity index (χ2v) is 4.63.